The van der Waals surface area contributed by atoms with Gasteiger partial charge in [0.2, 0.25) is 0 Å². The first kappa shape index (κ1) is 37.3. The second kappa shape index (κ2) is 25.1. The molecule has 5 heteroatoms. The first-order valence-corrected chi connectivity index (χ1v) is 0. The van der Waals surface area contributed by atoms with E-state index in [0.29, 0.717) is 0 Å². The minimum absolute atomic E-state index is 0. The molecule has 0 aliphatic rings. The predicted molar refractivity (Wildman–Crippen MR) is 52.0 cm³/mol. The third kappa shape index (κ3) is 18.2. The number of halogens is 3. The molecule has 0 atom stereocenters. The van der Waals surface area contributed by atoms with Crippen LogP contribution in [0.3, 0.4) is 0 Å². The van der Waals surface area contributed by atoms with E-state index in [2.05, 4.69) is 0 Å². The fourth-order valence-corrected chi connectivity index (χ4v) is 0. The van der Waals surface area contributed by atoms with Crippen molar-refractivity contribution in [2.24, 2.45) is 0 Å². The molecule has 0 aromatic heterocycles. The van der Waals surface area contributed by atoms with Gasteiger partial charge in [0.15, 0.2) is 0 Å². The van der Waals surface area contributed by atoms with Crippen LogP contribution in [-0.4, -0.2) is 19.8 Å². The Morgan fingerprint density at radius 3 is 0.600 bits per heavy atom. The number of hydrogen-bond donors (Lipinski definition) is 0. The van der Waals surface area contributed by atoms with Crippen LogP contribution in [0.15, 0.2) is 0 Å². The average Bonchev–Trinajstić information content (AvgIpc) is 0. The molecule has 0 saturated carbocycles. The van der Waals surface area contributed by atoms with Crippen LogP contribution in [0.4, 0.5) is 0 Å². The Morgan fingerprint density at radius 1 is 0.600 bits per heavy atom. The molecule has 0 aromatic carbocycles. The summed E-state index contributed by atoms with van der Waals surface area (Å²) < 4.78 is 0. The van der Waals surface area contributed by atoms with Gasteiger partial charge in [0.25, 0.3) is 0 Å². The van der Waals surface area contributed by atoms with Gasteiger partial charge in [0.1, 0.15) is 0 Å². The van der Waals surface area contributed by atoms with E-state index in [1.165, 1.54) is 0 Å². The van der Waals surface area contributed by atoms with Crippen molar-refractivity contribution in [2.45, 2.75) is 0 Å². The Morgan fingerprint density at radius 2 is 0.600 bits per heavy atom. The summed E-state index contributed by atoms with van der Waals surface area (Å²) >= 11 is 0. The zero-order valence-corrected chi connectivity index (χ0v) is 13.8. The number of hydrogen-bond acceptors (Lipinski definition) is 0. The molecule has 0 nitrogen and oxygen atoms in total. The van der Waals surface area contributed by atoms with E-state index in [0.717, 1.165) is 0 Å². The van der Waals surface area contributed by atoms with E-state index < -0.39 is 0 Å². The topological polar surface area (TPSA) is 0 Å². The molecule has 0 heterocycles. The molecule has 0 amide bonds. The molecule has 0 aliphatic heterocycles. The first-order valence-electron chi connectivity index (χ1n) is 0. The van der Waals surface area contributed by atoms with Gasteiger partial charge in [-0.1, -0.05) is 0 Å². The Balaban J connectivity index is 0. The van der Waals surface area contributed by atoms with Crippen molar-refractivity contribution in [3.05, 3.63) is 0 Å². The summed E-state index contributed by atoms with van der Waals surface area (Å²) in [6.07, 6.45) is 0. The van der Waals surface area contributed by atoms with Crippen molar-refractivity contribution in [3.8, 4) is 0 Å². The molecule has 0 aromatic rings. The Labute approximate surface area is 117 Å². The summed E-state index contributed by atoms with van der Waals surface area (Å²) in [6, 6.07) is 0. The van der Waals surface area contributed by atoms with Crippen molar-refractivity contribution in [3.63, 3.8) is 0 Å². The summed E-state index contributed by atoms with van der Waals surface area (Å²) in [6.45, 7) is 0. The van der Waals surface area contributed by atoms with Crippen molar-refractivity contribution in [2.75, 3.05) is 0 Å². The van der Waals surface area contributed by atoms with Crippen molar-refractivity contribution in [1.82, 2.24) is 0 Å². The maximum Gasteiger partial charge on any atom is 0 e. The first-order chi connectivity index (χ1) is 0. The Bertz CT molecular complexity index is 6.85. The minimum atomic E-state index is 0. The van der Waals surface area contributed by atoms with Crippen molar-refractivity contribution >= 4 is 91.7 Å². The van der Waals surface area contributed by atoms with Gasteiger partial charge in [-0.2, -0.15) is 0 Å². The molecule has 0 spiro atoms. The van der Waals surface area contributed by atoms with Gasteiger partial charge in [0, 0.05) is 99.6 Å². The molecule has 0 rings (SSSR count). The molecule has 0 unspecified atom stereocenters. The fraction of sp³-hybridized carbons (Fsp3) is 0. The molecule has 3 radical (unpaired) electrons. The van der Waals surface area contributed by atoms with E-state index in [1.54, 1.807) is 0 Å². The molecule has 0 fully saturated rings. The summed E-state index contributed by atoms with van der Waals surface area (Å²) in [5.74, 6) is 0. The van der Waals surface area contributed by atoms with Crippen LogP contribution in [0.1, 0.15) is 0 Å². The molecular weight excluding hydrogens is 651 g/mol. The van der Waals surface area contributed by atoms with E-state index in [4.69, 9.17) is 0 Å². The number of rotatable bonds is 0. The quantitative estimate of drug-likeness (QED) is 0.275. The SMILES string of the molecule is [GaH3].[Hg].[I].[I].[I]. The largest absolute Gasteiger partial charge is 0 e. The van der Waals surface area contributed by atoms with E-state index in [9.17, 15) is 0 Å². The van der Waals surface area contributed by atoms with Gasteiger partial charge in [-0.3, -0.25) is 0 Å². The van der Waals surface area contributed by atoms with Gasteiger partial charge in [0.05, 0.1) is 0 Å². The molecule has 29 valence electrons. The molecule has 0 aliphatic carbocycles. The smallest absolute Gasteiger partial charge is 0 e. The summed E-state index contributed by atoms with van der Waals surface area (Å²) in [5.41, 5.74) is 0. The van der Waals surface area contributed by atoms with Crippen LogP contribution >= 0.6 is 71.9 Å². The fourth-order valence-electron chi connectivity index (χ4n) is 0. The van der Waals surface area contributed by atoms with Crippen molar-refractivity contribution < 1.29 is 27.7 Å². The second-order valence-corrected chi connectivity index (χ2v) is 0. The van der Waals surface area contributed by atoms with Crippen molar-refractivity contribution in [1.29, 1.82) is 0 Å². The van der Waals surface area contributed by atoms with Crippen LogP contribution in [0.5, 0.6) is 0 Å². The van der Waals surface area contributed by atoms with Crippen LogP contribution in [0.25, 0.3) is 0 Å². The van der Waals surface area contributed by atoms with Gasteiger partial charge >= 0.3 is 19.8 Å². The minimum Gasteiger partial charge on any atom is 0 e. The zero-order chi connectivity index (χ0) is 0. The van der Waals surface area contributed by atoms with Crippen LogP contribution < -0.4 is 0 Å². The molecule has 5 heavy (non-hydrogen) atoms. The third-order valence-electron chi connectivity index (χ3n) is 0. The van der Waals surface area contributed by atoms with E-state index >= 15 is 0 Å². The maximum atomic E-state index is 0. The maximum absolute atomic E-state index is 0. The summed E-state index contributed by atoms with van der Waals surface area (Å²) in [7, 11) is 0. The monoisotopic (exact) mass is 655 g/mol. The second-order valence-electron chi connectivity index (χ2n) is 0. The van der Waals surface area contributed by atoms with Crippen LogP contribution in [-0.2, 0) is 27.7 Å². The molecule has 0 saturated heterocycles. The van der Waals surface area contributed by atoms with Crippen LogP contribution in [0, 0.1) is 0 Å². The summed E-state index contributed by atoms with van der Waals surface area (Å²) in [5, 5.41) is 0. The third-order valence-corrected chi connectivity index (χ3v) is 0. The van der Waals surface area contributed by atoms with Gasteiger partial charge in [-0.25, -0.2) is 0 Å². The van der Waals surface area contributed by atoms with Gasteiger partial charge in [-0.15, -0.1) is 0 Å². The van der Waals surface area contributed by atoms with E-state index in [-0.39, 0.29) is 119 Å². The Kier molecular flexibility index (Phi) is 187. The predicted octanol–water partition coefficient (Wildman–Crippen LogP) is 1.47. The van der Waals surface area contributed by atoms with Gasteiger partial charge in [-0.05, 0) is 0 Å². The summed E-state index contributed by atoms with van der Waals surface area (Å²) in [4.78, 5) is 0. The standard InChI is InChI=1S/Ga.Hg.3I.3H. The molecular formula is H3GaHgI3. The molecule has 0 bridgehead atoms. The van der Waals surface area contributed by atoms with E-state index in [1.807, 2.05) is 0 Å². The Hall–Kier alpha value is 3.76. The molecule has 0 N–H and O–H groups in total. The van der Waals surface area contributed by atoms with Crippen LogP contribution in [0.2, 0.25) is 0 Å². The van der Waals surface area contributed by atoms with Gasteiger partial charge < -0.3 is 0 Å². The average molecular weight is 654 g/mol. The zero-order valence-electron chi connectivity index (χ0n) is 1.84. The normalized spacial score (nSPS) is 0.